The molecule has 2 aliphatic carbocycles. The van der Waals surface area contributed by atoms with Gasteiger partial charge in [0, 0.05) is 16.3 Å². The first-order valence-corrected chi connectivity index (χ1v) is 11.4. The third-order valence-electron chi connectivity index (χ3n) is 7.83. The van der Waals surface area contributed by atoms with E-state index in [1.165, 1.54) is 55.3 Å². The van der Waals surface area contributed by atoms with Gasteiger partial charge in [-0.2, -0.15) is 0 Å². The van der Waals surface area contributed by atoms with Crippen molar-refractivity contribution in [1.82, 2.24) is 4.68 Å². The van der Waals surface area contributed by atoms with Crippen LogP contribution in [-0.4, -0.2) is 4.68 Å². The summed E-state index contributed by atoms with van der Waals surface area (Å²) < 4.78 is 1.89. The van der Waals surface area contributed by atoms with Crippen LogP contribution in [0.15, 0.2) is 109 Å². The van der Waals surface area contributed by atoms with Gasteiger partial charge in [0.25, 0.3) is 0 Å². The van der Waals surface area contributed by atoms with Crippen LogP contribution >= 0.6 is 0 Å². The summed E-state index contributed by atoms with van der Waals surface area (Å²) in [6.45, 7) is 0. The van der Waals surface area contributed by atoms with Gasteiger partial charge in [0.05, 0.1) is 16.4 Å². The van der Waals surface area contributed by atoms with Crippen molar-refractivity contribution in [2.24, 2.45) is 0 Å². The second-order valence-electron chi connectivity index (χ2n) is 9.16. The van der Waals surface area contributed by atoms with Crippen molar-refractivity contribution in [3.8, 4) is 22.3 Å². The molecule has 2 nitrogen and oxygen atoms in total. The highest BCUT2D eigenvalue weighted by atomic mass is 15.3. The molecule has 154 valence electrons. The summed E-state index contributed by atoms with van der Waals surface area (Å²) in [6, 6.07) is 39.7. The third kappa shape index (κ3) is 1.80. The predicted octanol–water partition coefficient (Wildman–Crippen LogP) is 6.85. The molecule has 0 radical (unpaired) electrons. The van der Waals surface area contributed by atoms with Crippen LogP contribution in [0.1, 0.15) is 22.3 Å². The standard InChI is InChI=1S/C31H20N2/c32-33-28-16-8-4-11-21(28)22-17-18-27-29(30(22)33)23-12-3-7-15-26(23)31(27)24-13-5-1-9-19(24)20-10-2-6-14-25(20)31/h1-18H,32H2. The molecule has 0 saturated carbocycles. The molecule has 0 saturated heterocycles. The molecule has 2 N–H and O–H groups in total. The van der Waals surface area contributed by atoms with Gasteiger partial charge in [-0.25, -0.2) is 0 Å². The van der Waals surface area contributed by atoms with Gasteiger partial charge >= 0.3 is 0 Å². The molecule has 6 aromatic rings. The Kier molecular flexibility index (Phi) is 3.00. The number of aromatic nitrogens is 1. The number of nitrogen functional groups attached to an aromatic ring is 1. The van der Waals surface area contributed by atoms with Crippen LogP contribution in [0.25, 0.3) is 44.1 Å². The quantitative estimate of drug-likeness (QED) is 0.267. The molecule has 2 aliphatic rings. The van der Waals surface area contributed by atoms with Crippen LogP contribution in [0.3, 0.4) is 0 Å². The molecule has 1 aromatic heterocycles. The van der Waals surface area contributed by atoms with Gasteiger partial charge in [-0.3, -0.25) is 4.68 Å². The molecule has 0 bridgehead atoms. The van der Waals surface area contributed by atoms with Crippen molar-refractivity contribution in [2.45, 2.75) is 5.41 Å². The first-order chi connectivity index (χ1) is 16.3. The monoisotopic (exact) mass is 420 g/mol. The van der Waals surface area contributed by atoms with Gasteiger partial charge in [-0.1, -0.05) is 103 Å². The molecule has 8 rings (SSSR count). The van der Waals surface area contributed by atoms with E-state index >= 15 is 0 Å². The Morgan fingerprint density at radius 1 is 0.485 bits per heavy atom. The fourth-order valence-electron chi connectivity index (χ4n) is 6.66. The molecule has 1 heterocycles. The average Bonchev–Trinajstić information content (AvgIpc) is 3.46. The van der Waals surface area contributed by atoms with Crippen molar-refractivity contribution in [3.63, 3.8) is 0 Å². The molecule has 0 amide bonds. The number of para-hydroxylation sites is 1. The van der Waals surface area contributed by atoms with E-state index in [1.807, 2.05) is 4.68 Å². The van der Waals surface area contributed by atoms with Gasteiger partial charge in [0.15, 0.2) is 0 Å². The highest BCUT2D eigenvalue weighted by Crippen LogP contribution is 2.63. The topological polar surface area (TPSA) is 30.9 Å². The number of hydrogen-bond donors (Lipinski definition) is 1. The number of nitrogens with two attached hydrogens (primary N) is 1. The zero-order valence-electron chi connectivity index (χ0n) is 17.9. The normalized spacial score (nSPS) is 14.4. The van der Waals surface area contributed by atoms with E-state index in [2.05, 4.69) is 109 Å². The van der Waals surface area contributed by atoms with Gasteiger partial charge in [0.2, 0.25) is 0 Å². The number of hydrogen-bond acceptors (Lipinski definition) is 1. The van der Waals surface area contributed by atoms with E-state index in [0.29, 0.717) is 0 Å². The maximum absolute atomic E-state index is 6.80. The van der Waals surface area contributed by atoms with E-state index < -0.39 is 0 Å². The fraction of sp³-hybridized carbons (Fsp3) is 0.0323. The first kappa shape index (κ1) is 17.3. The van der Waals surface area contributed by atoms with E-state index in [9.17, 15) is 0 Å². The molecule has 0 aliphatic heterocycles. The maximum Gasteiger partial charge on any atom is 0.0785 e. The van der Waals surface area contributed by atoms with Gasteiger partial charge in [-0.05, 0) is 45.0 Å². The number of benzene rings is 5. The van der Waals surface area contributed by atoms with Gasteiger partial charge < -0.3 is 5.84 Å². The van der Waals surface area contributed by atoms with E-state index in [-0.39, 0.29) is 5.41 Å². The smallest absolute Gasteiger partial charge is 0.0785 e. The highest BCUT2D eigenvalue weighted by molar-refractivity contribution is 6.15. The van der Waals surface area contributed by atoms with Crippen molar-refractivity contribution >= 4 is 21.8 Å². The Balaban J connectivity index is 1.64. The zero-order chi connectivity index (χ0) is 21.7. The van der Waals surface area contributed by atoms with Gasteiger partial charge in [0.1, 0.15) is 0 Å². The molecule has 0 unspecified atom stereocenters. The lowest BCUT2D eigenvalue weighted by atomic mass is 9.70. The number of rotatable bonds is 0. The summed E-state index contributed by atoms with van der Waals surface area (Å²) >= 11 is 0. The van der Waals surface area contributed by atoms with Crippen molar-refractivity contribution < 1.29 is 0 Å². The van der Waals surface area contributed by atoms with Crippen molar-refractivity contribution in [1.29, 1.82) is 0 Å². The Bertz CT molecular complexity index is 1740. The molecular formula is C31H20N2. The van der Waals surface area contributed by atoms with Crippen LogP contribution in [0, 0.1) is 0 Å². The highest BCUT2D eigenvalue weighted by Gasteiger charge is 2.52. The molecule has 0 fully saturated rings. The average molecular weight is 421 g/mol. The molecule has 1 spiro atoms. The lowest BCUT2D eigenvalue weighted by Crippen LogP contribution is -2.25. The summed E-state index contributed by atoms with van der Waals surface area (Å²) in [5.74, 6) is 6.80. The minimum Gasteiger partial charge on any atom is -0.339 e. The summed E-state index contributed by atoms with van der Waals surface area (Å²) in [5.41, 5.74) is 12.4. The van der Waals surface area contributed by atoms with Crippen molar-refractivity contribution in [3.05, 3.63) is 131 Å². The Morgan fingerprint density at radius 3 is 1.73 bits per heavy atom. The summed E-state index contributed by atoms with van der Waals surface area (Å²) in [6.07, 6.45) is 0. The molecular weight excluding hydrogens is 400 g/mol. The minimum absolute atomic E-state index is 0.330. The summed E-state index contributed by atoms with van der Waals surface area (Å²) in [4.78, 5) is 0. The molecule has 0 atom stereocenters. The predicted molar refractivity (Wildman–Crippen MR) is 136 cm³/mol. The van der Waals surface area contributed by atoms with Crippen molar-refractivity contribution in [2.75, 3.05) is 5.84 Å². The Hall–Kier alpha value is -4.30. The lowest BCUT2D eigenvalue weighted by molar-refractivity contribution is 0.794. The largest absolute Gasteiger partial charge is 0.339 e. The van der Waals surface area contributed by atoms with E-state index in [0.717, 1.165) is 11.0 Å². The summed E-state index contributed by atoms with van der Waals surface area (Å²) in [7, 11) is 0. The Morgan fingerprint density at radius 2 is 1.03 bits per heavy atom. The van der Waals surface area contributed by atoms with Crippen LogP contribution < -0.4 is 5.84 Å². The molecule has 33 heavy (non-hydrogen) atoms. The molecule has 2 heteroatoms. The van der Waals surface area contributed by atoms with Gasteiger partial charge in [-0.15, -0.1) is 0 Å². The van der Waals surface area contributed by atoms with Crippen LogP contribution in [0.5, 0.6) is 0 Å². The van der Waals surface area contributed by atoms with E-state index in [4.69, 9.17) is 5.84 Å². The number of nitrogens with zero attached hydrogens (tertiary/aromatic N) is 1. The number of fused-ring (bicyclic) bond motifs is 14. The molecule has 5 aromatic carbocycles. The zero-order valence-corrected chi connectivity index (χ0v) is 17.9. The van der Waals surface area contributed by atoms with Crippen LogP contribution in [0.2, 0.25) is 0 Å². The second-order valence-corrected chi connectivity index (χ2v) is 9.16. The van der Waals surface area contributed by atoms with E-state index in [1.54, 1.807) is 0 Å². The minimum atomic E-state index is -0.330. The van der Waals surface area contributed by atoms with Crippen LogP contribution in [0.4, 0.5) is 0 Å². The maximum atomic E-state index is 6.80. The van der Waals surface area contributed by atoms with Crippen LogP contribution in [-0.2, 0) is 5.41 Å². The second kappa shape index (κ2) is 5.73. The lowest BCUT2D eigenvalue weighted by Gasteiger charge is -2.30. The fourth-order valence-corrected chi connectivity index (χ4v) is 6.66. The summed E-state index contributed by atoms with van der Waals surface area (Å²) in [5, 5.41) is 2.40. The first-order valence-electron chi connectivity index (χ1n) is 11.4. The Labute approximate surface area is 191 Å². The third-order valence-corrected chi connectivity index (χ3v) is 7.83. The SMILES string of the molecule is Nn1c2ccccc2c2ccc3c(c21)-c1ccccc1C31c2ccccc2-c2ccccc21.